The summed E-state index contributed by atoms with van der Waals surface area (Å²) in [4.78, 5) is 16.1. The number of nitrogens with zero attached hydrogens (tertiary/aromatic N) is 6. The lowest BCUT2D eigenvalue weighted by Gasteiger charge is -2.37. The summed E-state index contributed by atoms with van der Waals surface area (Å²) in [6.45, 7) is 8.12. The highest BCUT2D eigenvalue weighted by atomic mass is 16.3. The minimum absolute atomic E-state index is 0.154. The van der Waals surface area contributed by atoms with E-state index in [-0.39, 0.29) is 5.75 Å². The molecule has 0 saturated carbocycles. The van der Waals surface area contributed by atoms with Gasteiger partial charge >= 0.3 is 0 Å². The number of rotatable bonds is 2. The first-order chi connectivity index (χ1) is 14.4. The second kappa shape index (κ2) is 6.91. The van der Waals surface area contributed by atoms with Crippen LogP contribution in [-0.2, 0) is 7.05 Å². The van der Waals surface area contributed by atoms with Crippen LogP contribution in [0, 0.1) is 6.92 Å². The molecule has 0 unspecified atom stereocenters. The number of nitrogens with one attached hydrogen (secondary N) is 1. The number of fused-ring (bicyclic) bond motifs is 2. The molecule has 3 aromatic heterocycles. The van der Waals surface area contributed by atoms with Crippen LogP contribution < -0.4 is 10.2 Å². The fourth-order valence-corrected chi connectivity index (χ4v) is 4.36. The van der Waals surface area contributed by atoms with E-state index in [0.717, 1.165) is 40.6 Å². The fraction of sp³-hybridized carbons (Fsp3) is 0.364. The standard InChI is InChI=1S/C22H25N7O/c1-12-9-29(10-13(2)25-12)17-5-15-7-23-22(26-21(15)24-8-17)18-6-16-11-28(4)27-19(16)14(3)20(18)30/h5-8,11-13,25,30H,9-10H2,1-4H3/t12-,13-/m0/s1. The molecule has 4 aromatic rings. The topological polar surface area (TPSA) is 92.0 Å². The van der Waals surface area contributed by atoms with Crippen molar-refractivity contribution in [1.82, 2.24) is 30.0 Å². The Labute approximate surface area is 174 Å². The fourth-order valence-electron chi connectivity index (χ4n) is 4.36. The highest BCUT2D eigenvalue weighted by Crippen LogP contribution is 2.35. The van der Waals surface area contributed by atoms with Crippen molar-refractivity contribution in [2.75, 3.05) is 18.0 Å². The lowest BCUT2D eigenvalue weighted by atomic mass is 10.1. The first-order valence-corrected chi connectivity index (χ1v) is 10.2. The van der Waals surface area contributed by atoms with Gasteiger partial charge in [0, 0.05) is 61.0 Å². The van der Waals surface area contributed by atoms with Crippen LogP contribution >= 0.6 is 0 Å². The summed E-state index contributed by atoms with van der Waals surface area (Å²) in [6, 6.07) is 4.82. The molecule has 2 atom stereocenters. The van der Waals surface area contributed by atoms with Crippen molar-refractivity contribution < 1.29 is 5.11 Å². The number of aryl methyl sites for hydroxylation is 2. The van der Waals surface area contributed by atoms with Gasteiger partial charge in [-0.15, -0.1) is 0 Å². The van der Waals surface area contributed by atoms with Gasteiger partial charge in [0.25, 0.3) is 0 Å². The molecule has 0 bridgehead atoms. The van der Waals surface area contributed by atoms with Gasteiger partial charge in [-0.3, -0.25) is 4.68 Å². The van der Waals surface area contributed by atoms with Gasteiger partial charge in [-0.25, -0.2) is 15.0 Å². The maximum absolute atomic E-state index is 10.7. The maximum atomic E-state index is 10.7. The molecule has 4 heterocycles. The minimum atomic E-state index is 0.154. The molecule has 1 aliphatic heterocycles. The molecule has 0 spiro atoms. The van der Waals surface area contributed by atoms with Crippen LogP contribution in [0.15, 0.2) is 30.7 Å². The summed E-state index contributed by atoms with van der Waals surface area (Å²) in [5, 5.41) is 20.5. The Morgan fingerprint density at radius 2 is 1.83 bits per heavy atom. The molecular formula is C22H25N7O. The van der Waals surface area contributed by atoms with Crippen molar-refractivity contribution in [2.24, 2.45) is 7.05 Å². The summed E-state index contributed by atoms with van der Waals surface area (Å²) in [5.41, 5.74) is 3.78. The van der Waals surface area contributed by atoms with Gasteiger partial charge in [0.15, 0.2) is 11.5 Å². The predicted molar refractivity (Wildman–Crippen MR) is 118 cm³/mol. The summed E-state index contributed by atoms with van der Waals surface area (Å²) >= 11 is 0. The molecule has 1 aliphatic rings. The van der Waals surface area contributed by atoms with E-state index in [1.54, 1.807) is 10.9 Å². The van der Waals surface area contributed by atoms with Crippen molar-refractivity contribution in [1.29, 1.82) is 0 Å². The van der Waals surface area contributed by atoms with Gasteiger partial charge in [-0.05, 0) is 32.9 Å². The van der Waals surface area contributed by atoms with Crippen molar-refractivity contribution in [3.63, 3.8) is 0 Å². The third-order valence-electron chi connectivity index (χ3n) is 5.70. The molecule has 2 N–H and O–H groups in total. The Hall–Kier alpha value is -3.26. The van der Waals surface area contributed by atoms with Crippen LogP contribution in [0.25, 0.3) is 33.3 Å². The molecule has 8 nitrogen and oxygen atoms in total. The Kier molecular flexibility index (Phi) is 4.32. The molecular weight excluding hydrogens is 378 g/mol. The number of benzene rings is 1. The van der Waals surface area contributed by atoms with Crippen molar-refractivity contribution in [2.45, 2.75) is 32.9 Å². The normalized spacial score (nSPS) is 19.7. The molecule has 0 amide bonds. The van der Waals surface area contributed by atoms with Gasteiger partial charge in [0.05, 0.1) is 23.0 Å². The first kappa shape index (κ1) is 18.7. The molecule has 30 heavy (non-hydrogen) atoms. The second-order valence-electron chi connectivity index (χ2n) is 8.31. The summed E-state index contributed by atoms with van der Waals surface area (Å²) in [7, 11) is 1.87. The number of hydrogen-bond acceptors (Lipinski definition) is 7. The van der Waals surface area contributed by atoms with E-state index >= 15 is 0 Å². The van der Waals surface area contributed by atoms with Crippen LogP contribution in [0.4, 0.5) is 5.69 Å². The monoisotopic (exact) mass is 403 g/mol. The van der Waals surface area contributed by atoms with E-state index in [0.29, 0.717) is 29.1 Å². The van der Waals surface area contributed by atoms with Gasteiger partial charge in [-0.1, -0.05) is 0 Å². The van der Waals surface area contributed by atoms with Crippen LogP contribution in [-0.4, -0.2) is 55.0 Å². The lowest BCUT2D eigenvalue weighted by Crippen LogP contribution is -2.54. The molecule has 1 fully saturated rings. The molecule has 1 aromatic carbocycles. The van der Waals surface area contributed by atoms with E-state index in [1.165, 1.54) is 0 Å². The summed E-state index contributed by atoms with van der Waals surface area (Å²) in [5.74, 6) is 0.611. The highest BCUT2D eigenvalue weighted by Gasteiger charge is 2.22. The summed E-state index contributed by atoms with van der Waals surface area (Å²) < 4.78 is 1.74. The Morgan fingerprint density at radius 1 is 1.07 bits per heavy atom. The lowest BCUT2D eigenvalue weighted by molar-refractivity contribution is 0.407. The minimum Gasteiger partial charge on any atom is -0.507 e. The van der Waals surface area contributed by atoms with Crippen LogP contribution in [0.2, 0.25) is 0 Å². The number of pyridine rings is 1. The van der Waals surface area contributed by atoms with Crippen LogP contribution in [0.3, 0.4) is 0 Å². The van der Waals surface area contributed by atoms with E-state index in [4.69, 9.17) is 0 Å². The number of hydrogen-bond donors (Lipinski definition) is 2. The largest absolute Gasteiger partial charge is 0.507 e. The molecule has 0 radical (unpaired) electrons. The van der Waals surface area contributed by atoms with Crippen LogP contribution in [0.5, 0.6) is 5.75 Å². The van der Waals surface area contributed by atoms with Crippen molar-refractivity contribution in [3.8, 4) is 17.1 Å². The molecule has 154 valence electrons. The van der Waals surface area contributed by atoms with Gasteiger partial charge in [0.1, 0.15) is 5.75 Å². The first-order valence-electron chi connectivity index (χ1n) is 10.2. The van der Waals surface area contributed by atoms with Gasteiger partial charge in [0.2, 0.25) is 0 Å². The number of phenolic OH excluding ortho intramolecular Hbond substituents is 1. The zero-order valence-electron chi connectivity index (χ0n) is 17.6. The quantitative estimate of drug-likeness (QED) is 0.532. The number of phenols is 1. The second-order valence-corrected chi connectivity index (χ2v) is 8.31. The predicted octanol–water partition coefficient (Wildman–Crippen LogP) is 2.78. The van der Waals surface area contributed by atoms with E-state index in [2.05, 4.69) is 50.2 Å². The highest BCUT2D eigenvalue weighted by molar-refractivity contribution is 5.90. The van der Waals surface area contributed by atoms with E-state index in [9.17, 15) is 5.11 Å². The molecule has 5 rings (SSSR count). The smallest absolute Gasteiger partial charge is 0.165 e. The third-order valence-corrected chi connectivity index (χ3v) is 5.70. The summed E-state index contributed by atoms with van der Waals surface area (Å²) in [6.07, 6.45) is 5.58. The molecule has 8 heteroatoms. The SMILES string of the molecule is Cc1c(O)c(-c2ncc3cc(N4C[C@H](C)N[C@@H](C)C4)cnc3n2)cc2cn(C)nc12. The average molecular weight is 403 g/mol. The third kappa shape index (κ3) is 3.13. The zero-order chi connectivity index (χ0) is 21.0. The molecule has 1 saturated heterocycles. The number of piperazine rings is 1. The van der Waals surface area contributed by atoms with E-state index < -0.39 is 0 Å². The van der Waals surface area contributed by atoms with Crippen molar-refractivity contribution >= 4 is 27.6 Å². The number of anilines is 1. The van der Waals surface area contributed by atoms with Gasteiger partial charge < -0.3 is 15.3 Å². The average Bonchev–Trinajstić information content (AvgIpc) is 3.10. The maximum Gasteiger partial charge on any atom is 0.165 e. The van der Waals surface area contributed by atoms with Crippen LogP contribution in [0.1, 0.15) is 19.4 Å². The van der Waals surface area contributed by atoms with Crippen molar-refractivity contribution in [3.05, 3.63) is 36.3 Å². The Bertz CT molecular complexity index is 1260. The number of aromatic hydroxyl groups is 1. The van der Waals surface area contributed by atoms with E-state index in [1.807, 2.05) is 32.4 Å². The molecule has 0 aliphatic carbocycles. The van der Waals surface area contributed by atoms with Gasteiger partial charge in [-0.2, -0.15) is 5.10 Å². The zero-order valence-corrected chi connectivity index (χ0v) is 17.6. The Balaban J connectivity index is 1.55. The Morgan fingerprint density at radius 3 is 2.60 bits per heavy atom. The number of aromatic nitrogens is 5.